The number of fused-ring (bicyclic) bond motifs is 6. The van der Waals surface area contributed by atoms with E-state index >= 15 is 0 Å². The van der Waals surface area contributed by atoms with Gasteiger partial charge in [-0.1, -0.05) is 66.3 Å². The molecule has 3 aromatic carbocycles. The standard InChI is InChI=1S/C31H26N2S/c1-20-13-14-28(32-18-20)22-9-3-2-8-21(22)27-19-33-15-7-6-11-29(33)25-16-26-23-10-4-5-12-30(23)34-31(26)17-24(25)27/h2-17,27,29,32H,18-19H2,1H3/t27-,29?/m1/s1. The highest BCUT2D eigenvalue weighted by Crippen LogP contribution is 2.46. The van der Waals surface area contributed by atoms with Crippen LogP contribution >= 0.6 is 11.3 Å². The number of benzene rings is 3. The van der Waals surface area contributed by atoms with E-state index in [4.69, 9.17) is 0 Å². The predicted octanol–water partition coefficient (Wildman–Crippen LogP) is 7.52. The fraction of sp³-hybridized carbons (Fsp3) is 0.161. The van der Waals surface area contributed by atoms with Crippen molar-refractivity contribution in [2.75, 3.05) is 13.1 Å². The van der Waals surface area contributed by atoms with Crippen LogP contribution in [0.1, 0.15) is 41.1 Å². The largest absolute Gasteiger partial charge is 0.381 e. The Morgan fingerprint density at radius 3 is 2.65 bits per heavy atom. The molecule has 0 amide bonds. The van der Waals surface area contributed by atoms with Gasteiger partial charge in [0.1, 0.15) is 0 Å². The lowest BCUT2D eigenvalue weighted by molar-refractivity contribution is 0.288. The SMILES string of the molecule is CC1=CC=C(c2ccccc2[C@H]2CN3C=CC=CC3c3cc4c(cc32)sc2ccccc24)NC1. The summed E-state index contributed by atoms with van der Waals surface area (Å²) in [5.74, 6) is 0.308. The van der Waals surface area contributed by atoms with Gasteiger partial charge in [-0.05, 0) is 60.2 Å². The van der Waals surface area contributed by atoms with Gasteiger partial charge in [-0.2, -0.15) is 0 Å². The molecule has 0 spiro atoms. The van der Waals surface area contributed by atoms with E-state index in [1.807, 2.05) is 11.3 Å². The Morgan fingerprint density at radius 2 is 1.74 bits per heavy atom. The summed E-state index contributed by atoms with van der Waals surface area (Å²) >= 11 is 1.92. The van der Waals surface area contributed by atoms with Crippen molar-refractivity contribution >= 4 is 37.2 Å². The van der Waals surface area contributed by atoms with Gasteiger partial charge < -0.3 is 10.2 Å². The van der Waals surface area contributed by atoms with Gasteiger partial charge in [0, 0.05) is 50.4 Å². The molecule has 4 aromatic rings. The van der Waals surface area contributed by atoms with Gasteiger partial charge in [0.15, 0.2) is 0 Å². The highest BCUT2D eigenvalue weighted by Gasteiger charge is 2.34. The van der Waals surface area contributed by atoms with Crippen molar-refractivity contribution in [3.63, 3.8) is 0 Å². The van der Waals surface area contributed by atoms with Crippen molar-refractivity contribution in [2.24, 2.45) is 0 Å². The molecule has 3 aliphatic heterocycles. The molecule has 0 aliphatic carbocycles. The molecular formula is C31H26N2S. The van der Waals surface area contributed by atoms with Gasteiger partial charge in [0.25, 0.3) is 0 Å². The molecule has 1 aromatic heterocycles. The quantitative estimate of drug-likeness (QED) is 0.334. The van der Waals surface area contributed by atoms with Gasteiger partial charge in [0.05, 0.1) is 6.04 Å². The molecule has 34 heavy (non-hydrogen) atoms. The minimum absolute atomic E-state index is 0.295. The van der Waals surface area contributed by atoms with E-state index in [9.17, 15) is 0 Å². The summed E-state index contributed by atoms with van der Waals surface area (Å²) < 4.78 is 2.76. The summed E-state index contributed by atoms with van der Waals surface area (Å²) in [6.07, 6.45) is 13.5. The maximum Gasteiger partial charge on any atom is 0.0727 e. The van der Waals surface area contributed by atoms with Crippen molar-refractivity contribution in [1.82, 2.24) is 10.2 Å². The predicted molar refractivity (Wildman–Crippen MR) is 145 cm³/mol. The Bertz CT molecular complexity index is 1570. The molecule has 7 rings (SSSR count). The van der Waals surface area contributed by atoms with Crippen molar-refractivity contribution < 1.29 is 0 Å². The first-order chi connectivity index (χ1) is 16.8. The average molecular weight is 459 g/mol. The first-order valence-corrected chi connectivity index (χ1v) is 12.8. The van der Waals surface area contributed by atoms with Crippen LogP contribution in [-0.4, -0.2) is 18.0 Å². The summed E-state index contributed by atoms with van der Waals surface area (Å²) in [5, 5.41) is 6.40. The van der Waals surface area contributed by atoms with Crippen molar-refractivity contribution in [1.29, 1.82) is 0 Å². The van der Waals surface area contributed by atoms with E-state index in [1.165, 1.54) is 53.7 Å². The molecule has 0 saturated carbocycles. The topological polar surface area (TPSA) is 15.3 Å². The smallest absolute Gasteiger partial charge is 0.0727 e. The lowest BCUT2D eigenvalue weighted by Crippen LogP contribution is -2.35. The monoisotopic (exact) mass is 458 g/mol. The fourth-order valence-electron chi connectivity index (χ4n) is 5.74. The van der Waals surface area contributed by atoms with Crippen LogP contribution in [0, 0.1) is 0 Å². The third kappa shape index (κ3) is 3.08. The summed E-state index contributed by atoms with van der Waals surface area (Å²) in [6.45, 7) is 4.07. The highest BCUT2D eigenvalue weighted by molar-refractivity contribution is 7.25. The number of rotatable bonds is 2. The molecule has 0 bridgehead atoms. The zero-order valence-corrected chi connectivity index (χ0v) is 20.0. The molecule has 3 heteroatoms. The number of nitrogens with one attached hydrogen (secondary N) is 1. The third-order valence-electron chi connectivity index (χ3n) is 7.43. The molecular weight excluding hydrogens is 432 g/mol. The molecule has 2 nitrogen and oxygen atoms in total. The van der Waals surface area contributed by atoms with Gasteiger partial charge in [0.2, 0.25) is 0 Å². The number of hydrogen-bond acceptors (Lipinski definition) is 3. The summed E-state index contributed by atoms with van der Waals surface area (Å²) in [4.78, 5) is 2.51. The summed E-state index contributed by atoms with van der Waals surface area (Å²) in [5.41, 5.74) is 8.21. The minimum Gasteiger partial charge on any atom is -0.381 e. The van der Waals surface area contributed by atoms with Crippen molar-refractivity contribution in [2.45, 2.75) is 18.9 Å². The zero-order valence-electron chi connectivity index (χ0n) is 19.2. The second kappa shape index (κ2) is 7.75. The number of nitrogens with zero attached hydrogens (tertiary/aromatic N) is 1. The summed E-state index contributed by atoms with van der Waals surface area (Å²) in [7, 11) is 0. The van der Waals surface area contributed by atoms with Crippen LogP contribution in [0.5, 0.6) is 0 Å². The van der Waals surface area contributed by atoms with Crippen LogP contribution in [0.15, 0.2) is 103 Å². The van der Waals surface area contributed by atoms with Crippen LogP contribution < -0.4 is 5.32 Å². The van der Waals surface area contributed by atoms with E-state index < -0.39 is 0 Å². The van der Waals surface area contributed by atoms with Crippen molar-refractivity contribution in [3.8, 4) is 0 Å². The minimum atomic E-state index is 0.295. The Labute approximate surface area is 204 Å². The maximum atomic E-state index is 3.65. The maximum absolute atomic E-state index is 3.65. The van der Waals surface area contributed by atoms with Crippen LogP contribution in [0.3, 0.4) is 0 Å². The van der Waals surface area contributed by atoms with Gasteiger partial charge in [-0.15, -0.1) is 11.3 Å². The molecule has 2 atom stereocenters. The Morgan fingerprint density at radius 1 is 0.853 bits per heavy atom. The first-order valence-electron chi connectivity index (χ1n) is 12.0. The van der Waals surface area contributed by atoms with Crippen LogP contribution in [0.25, 0.3) is 25.9 Å². The molecule has 0 radical (unpaired) electrons. The van der Waals surface area contributed by atoms with Crippen molar-refractivity contribution in [3.05, 3.63) is 125 Å². The van der Waals surface area contributed by atoms with E-state index in [1.54, 1.807) is 0 Å². The average Bonchev–Trinajstić information content (AvgIpc) is 3.25. The van der Waals surface area contributed by atoms with Gasteiger partial charge in [-0.25, -0.2) is 0 Å². The third-order valence-corrected chi connectivity index (χ3v) is 8.56. The molecule has 3 aliphatic rings. The van der Waals surface area contributed by atoms with Crippen LogP contribution in [0.2, 0.25) is 0 Å². The number of thiophene rings is 1. The van der Waals surface area contributed by atoms with E-state index in [0.29, 0.717) is 12.0 Å². The zero-order chi connectivity index (χ0) is 22.6. The molecule has 4 heterocycles. The van der Waals surface area contributed by atoms with Gasteiger partial charge in [-0.3, -0.25) is 0 Å². The first kappa shape index (κ1) is 19.9. The van der Waals surface area contributed by atoms with Gasteiger partial charge >= 0.3 is 0 Å². The number of allylic oxidation sites excluding steroid dienone is 4. The van der Waals surface area contributed by atoms with Crippen LogP contribution in [-0.2, 0) is 0 Å². The molecule has 0 fully saturated rings. The second-order valence-electron chi connectivity index (χ2n) is 9.53. The molecule has 166 valence electrons. The second-order valence-corrected chi connectivity index (χ2v) is 10.6. The van der Waals surface area contributed by atoms with E-state index in [0.717, 1.165) is 13.1 Å². The lowest BCUT2D eigenvalue weighted by Gasteiger charge is -2.41. The Hall–Kier alpha value is -3.56. The number of hydrogen-bond donors (Lipinski definition) is 1. The normalized spacial score (nSPS) is 21.1. The van der Waals surface area contributed by atoms with E-state index in [-0.39, 0.29) is 0 Å². The Balaban J connectivity index is 1.46. The summed E-state index contributed by atoms with van der Waals surface area (Å²) in [6, 6.07) is 23.0. The highest BCUT2D eigenvalue weighted by atomic mass is 32.1. The number of dihydropyridines is 1. The Kier molecular flexibility index (Phi) is 4.53. The lowest BCUT2D eigenvalue weighted by atomic mass is 9.78. The van der Waals surface area contributed by atoms with Crippen LogP contribution in [0.4, 0.5) is 0 Å². The van der Waals surface area contributed by atoms with E-state index in [2.05, 4.69) is 114 Å². The fourth-order valence-corrected chi connectivity index (χ4v) is 6.87. The molecule has 1 unspecified atom stereocenters. The molecule has 0 saturated heterocycles. The molecule has 1 N–H and O–H groups in total.